The predicted octanol–water partition coefficient (Wildman–Crippen LogP) is 19.4. The monoisotopic (exact) mass is 1240 g/mol. The third kappa shape index (κ3) is 9.87. The summed E-state index contributed by atoms with van der Waals surface area (Å²) in [6, 6.07) is 74.4. The molecule has 9 nitrogen and oxygen atoms in total. The highest BCUT2D eigenvalue weighted by molar-refractivity contribution is 14.1. The molecule has 8 aromatic heterocycles. The largest absolute Gasteiger partial charge is 0.496 e. The number of aromatic nitrogens is 6. The highest BCUT2D eigenvalue weighted by Crippen LogP contribution is 2.44. The number of hydrogen-bond acceptors (Lipinski definition) is 10. The van der Waals surface area contributed by atoms with E-state index in [1.165, 1.54) is 71.5 Å². The Morgan fingerprint density at radius 2 is 1.01 bits per heavy atom. The Kier molecular flexibility index (Phi) is 14.3. The van der Waals surface area contributed by atoms with Crippen LogP contribution in [0, 0.1) is 3.57 Å². The zero-order chi connectivity index (χ0) is 55.0. The summed E-state index contributed by atoms with van der Waals surface area (Å²) >= 11 is 13.2. The van der Waals surface area contributed by atoms with Gasteiger partial charge in [-0.15, -0.1) is 34.0 Å². The van der Waals surface area contributed by atoms with Gasteiger partial charge in [-0.2, -0.15) is 0 Å². The van der Waals surface area contributed by atoms with Crippen LogP contribution in [0.5, 0.6) is 5.75 Å². The van der Waals surface area contributed by atoms with Gasteiger partial charge in [0.15, 0.2) is 0 Å². The third-order valence-corrected chi connectivity index (χ3v) is 18.8. The molecule has 0 saturated heterocycles. The van der Waals surface area contributed by atoms with Crippen LogP contribution < -0.4 is 16.2 Å². The van der Waals surface area contributed by atoms with Crippen molar-refractivity contribution in [1.29, 1.82) is 0 Å². The Bertz CT molecular complexity index is 5050. The van der Waals surface area contributed by atoms with Crippen molar-refractivity contribution in [2.75, 3.05) is 18.6 Å². The van der Waals surface area contributed by atoms with Crippen molar-refractivity contribution in [2.45, 2.75) is 0 Å². The number of thiophene rings is 3. The molecule has 0 aliphatic carbocycles. The van der Waals surface area contributed by atoms with E-state index in [2.05, 4.69) is 176 Å². The highest BCUT2D eigenvalue weighted by atomic mass is 127. The van der Waals surface area contributed by atoms with Gasteiger partial charge in [-0.1, -0.05) is 127 Å². The molecule has 0 bridgehead atoms. The Labute approximate surface area is 494 Å². The molecule has 0 fully saturated rings. The predicted molar refractivity (Wildman–Crippen MR) is 356 cm³/mol. The minimum absolute atomic E-state index is 0.577. The van der Waals surface area contributed by atoms with Crippen molar-refractivity contribution in [2.24, 2.45) is 0 Å². The number of nitrogens with two attached hydrogens (primary N) is 2. The average Bonchev–Trinajstić information content (AvgIpc) is 4.05. The molecule has 17 rings (SSSR count). The number of ether oxygens (including phenoxy) is 1. The van der Waals surface area contributed by atoms with E-state index >= 15 is 0 Å². The van der Waals surface area contributed by atoms with Gasteiger partial charge in [0.05, 0.1) is 55.2 Å². The van der Waals surface area contributed by atoms with Gasteiger partial charge in [-0.25, -0.2) is 15.0 Å². The molecule has 5 N–H and O–H groups in total. The lowest BCUT2D eigenvalue weighted by Gasteiger charge is -2.09. The van der Waals surface area contributed by atoms with Crippen molar-refractivity contribution in [3.63, 3.8) is 0 Å². The number of nitrogens with one attached hydrogen (secondary N) is 1. The molecule has 0 spiro atoms. The van der Waals surface area contributed by atoms with E-state index in [0.29, 0.717) is 16.5 Å². The second kappa shape index (κ2) is 22.4. The van der Waals surface area contributed by atoms with Crippen LogP contribution in [-0.2, 0) is 0 Å². The van der Waals surface area contributed by atoms with Gasteiger partial charge in [0.25, 0.3) is 0 Å². The number of halogens is 2. The first kappa shape index (κ1) is 51.7. The highest BCUT2D eigenvalue weighted by Gasteiger charge is 2.19. The number of rotatable bonds is 2. The second-order valence-corrected chi connectivity index (χ2v) is 23.6. The molecule has 0 unspecified atom stereocenters. The summed E-state index contributed by atoms with van der Waals surface area (Å²) in [6.07, 6.45) is 3.55. The van der Waals surface area contributed by atoms with E-state index in [9.17, 15) is 0 Å². The van der Waals surface area contributed by atoms with E-state index in [0.717, 1.165) is 59.3 Å². The van der Waals surface area contributed by atoms with Crippen molar-refractivity contribution in [3.8, 4) is 17.1 Å². The number of anilines is 2. The number of H-pyrrole nitrogens is 1. The number of para-hydroxylation sites is 6. The Morgan fingerprint density at radius 1 is 0.469 bits per heavy atom. The summed E-state index contributed by atoms with van der Waals surface area (Å²) in [5.41, 5.74) is 20.6. The molecule has 14 heteroatoms. The minimum atomic E-state index is 0.577. The standard InChI is InChI=1S/C24H13N3S.C19H12N2S.C13H10OS.C6H8N2.C5H3ClIN/c1-4-10-19-14(6-1)21-20(28-19)12-11-15-22(21)24-26-16-7-2-3-8-17(16)27(24)18-9-5-13-25-23(15)18;1-4-10-16-12(6-1)18-13(7-5-11-17(18)22-16)19-20-14-8-2-3-9-15(14)21-19;1-14-10-6-4-8-12-13(10)9-5-2-3-7-11(9)15-12;7-5-3-1-2-4-6(5)8;6-5-4(7)2-1-3-8-5/h1-13H;1-11H,(H,20,21);2-8H,1H3;1-4H,7-8H2;1-3H. The van der Waals surface area contributed by atoms with Gasteiger partial charge in [0.2, 0.25) is 0 Å². The van der Waals surface area contributed by atoms with Gasteiger partial charge < -0.3 is 21.2 Å². The second-order valence-electron chi connectivity index (χ2n) is 18.8. The minimum Gasteiger partial charge on any atom is -0.496 e. The average molecular weight is 1240 g/mol. The van der Waals surface area contributed by atoms with Gasteiger partial charge in [-0.05, 0) is 126 Å². The topological polar surface area (TPSA) is 133 Å². The van der Waals surface area contributed by atoms with E-state index < -0.39 is 0 Å². The summed E-state index contributed by atoms with van der Waals surface area (Å²) in [4.78, 5) is 21.9. The first-order valence-corrected chi connectivity index (χ1v) is 29.8. The quantitative estimate of drug-likeness (QED) is 0.0679. The summed E-state index contributed by atoms with van der Waals surface area (Å²) in [6.45, 7) is 0. The van der Waals surface area contributed by atoms with E-state index in [1.54, 1.807) is 25.4 Å². The zero-order valence-corrected chi connectivity index (χ0v) is 48.6. The maximum absolute atomic E-state index is 5.59. The van der Waals surface area contributed by atoms with Crippen LogP contribution in [0.3, 0.4) is 0 Å². The van der Waals surface area contributed by atoms with Crippen LogP contribution in [0.2, 0.25) is 5.15 Å². The molecular formula is C67H46ClIN8OS3. The van der Waals surface area contributed by atoms with Crippen molar-refractivity contribution in [1.82, 2.24) is 29.3 Å². The fourth-order valence-corrected chi connectivity index (χ4v) is 14.1. The van der Waals surface area contributed by atoms with Crippen LogP contribution in [0.15, 0.2) is 231 Å². The molecule has 0 aliphatic rings. The molecule has 17 aromatic rings. The molecule has 9 aromatic carbocycles. The van der Waals surface area contributed by atoms with Gasteiger partial charge >= 0.3 is 0 Å². The number of pyridine rings is 3. The molecule has 0 amide bonds. The summed E-state index contributed by atoms with van der Waals surface area (Å²) in [5.74, 6) is 1.90. The molecule has 392 valence electrons. The molecule has 0 aliphatic heterocycles. The number of fused-ring (bicyclic) bond motifs is 19. The van der Waals surface area contributed by atoms with Crippen LogP contribution in [0.1, 0.15) is 0 Å². The van der Waals surface area contributed by atoms with Crippen LogP contribution in [0.4, 0.5) is 11.4 Å². The zero-order valence-electron chi connectivity index (χ0n) is 43.2. The van der Waals surface area contributed by atoms with Crippen LogP contribution in [0.25, 0.3) is 121 Å². The molecular weight excluding hydrogens is 1190 g/mol. The van der Waals surface area contributed by atoms with E-state index in [1.807, 2.05) is 107 Å². The smallest absolute Gasteiger partial charge is 0.147 e. The molecule has 0 saturated carbocycles. The van der Waals surface area contributed by atoms with Gasteiger partial charge in [0.1, 0.15) is 22.4 Å². The fraction of sp³-hybridized carbons (Fsp3) is 0.0149. The van der Waals surface area contributed by atoms with Gasteiger partial charge in [-0.3, -0.25) is 9.38 Å². The fourth-order valence-electron chi connectivity index (χ4n) is 10.3. The number of aromatic amines is 1. The lowest BCUT2D eigenvalue weighted by atomic mass is 10.0. The van der Waals surface area contributed by atoms with Crippen LogP contribution >= 0.6 is 68.2 Å². The first-order chi connectivity index (χ1) is 39.8. The van der Waals surface area contributed by atoms with E-state index in [-0.39, 0.29) is 0 Å². The first-order valence-electron chi connectivity index (χ1n) is 25.8. The summed E-state index contributed by atoms with van der Waals surface area (Å²) < 4.78 is 16.5. The Balaban J connectivity index is 0.000000104. The lowest BCUT2D eigenvalue weighted by molar-refractivity contribution is 0.420. The SMILES string of the molecule is COc1cccc2sc3ccccc3c12.Clc1ncccc1I.Nc1ccccc1N.c1ccc2[nH]c(-c3cccc4sc5ccccc5c34)nc2c1.c1ccc2c(c1)nc1c3c(ccc4sc5ccccc5c43)c3ncccc3n21. The molecule has 0 radical (unpaired) electrons. The number of benzene rings is 9. The number of methoxy groups -OCH3 is 1. The van der Waals surface area contributed by atoms with Crippen molar-refractivity contribution < 1.29 is 4.74 Å². The summed E-state index contributed by atoms with van der Waals surface area (Å²) in [7, 11) is 1.72. The van der Waals surface area contributed by atoms with Gasteiger partial charge in [0, 0.05) is 89.2 Å². The number of nitrogen functional groups attached to an aromatic ring is 2. The lowest BCUT2D eigenvalue weighted by Crippen LogP contribution is -1.93. The third-order valence-electron chi connectivity index (χ3n) is 14.0. The molecule has 81 heavy (non-hydrogen) atoms. The van der Waals surface area contributed by atoms with Crippen LogP contribution in [-0.4, -0.2) is 36.4 Å². The molecule has 8 heterocycles. The normalized spacial score (nSPS) is 11.2. The number of hydrogen-bond donors (Lipinski definition) is 3. The Morgan fingerprint density at radius 3 is 1.67 bits per heavy atom. The number of nitrogens with zero attached hydrogens (tertiary/aromatic N) is 5. The maximum atomic E-state index is 5.59. The van der Waals surface area contributed by atoms with E-state index in [4.69, 9.17) is 42.8 Å². The number of imidazole rings is 2. The maximum Gasteiger partial charge on any atom is 0.147 e. The molecule has 0 atom stereocenters. The van der Waals surface area contributed by atoms with Crippen molar-refractivity contribution in [3.05, 3.63) is 240 Å². The summed E-state index contributed by atoms with van der Waals surface area (Å²) in [5, 5.41) is 10.6. The van der Waals surface area contributed by atoms with Crippen molar-refractivity contribution >= 4 is 190 Å². The Hall–Kier alpha value is -8.70.